The van der Waals surface area contributed by atoms with E-state index in [1.165, 1.54) is 22.3 Å². The van der Waals surface area contributed by atoms with Crippen LogP contribution in [0.5, 0.6) is 17.2 Å². The van der Waals surface area contributed by atoms with E-state index in [0.29, 0.717) is 18.8 Å². The fourth-order valence-electron chi connectivity index (χ4n) is 4.59. The minimum atomic E-state index is 0.340. The number of methoxy groups -OCH3 is 1. The first-order valence-electron chi connectivity index (χ1n) is 8.58. The summed E-state index contributed by atoms with van der Waals surface area (Å²) in [5.41, 5.74) is 5.57. The SMILES string of the molecule is COc1ccc2c(c1)CCN1Cc3c(ccc4c3OCO4)[C@H](C)[C@H]21. The third-order valence-corrected chi connectivity index (χ3v) is 5.73. The number of hydrogen-bond acceptors (Lipinski definition) is 4. The van der Waals surface area contributed by atoms with Crippen LogP contribution < -0.4 is 14.2 Å². The van der Waals surface area contributed by atoms with E-state index < -0.39 is 0 Å². The summed E-state index contributed by atoms with van der Waals surface area (Å²) in [6.45, 7) is 4.67. The fourth-order valence-corrected chi connectivity index (χ4v) is 4.59. The third kappa shape index (κ3) is 1.89. The number of benzene rings is 2. The lowest BCUT2D eigenvalue weighted by Gasteiger charge is -2.45. The number of rotatable bonds is 1. The number of hydrogen-bond donors (Lipinski definition) is 0. The molecule has 3 heterocycles. The Balaban J connectivity index is 1.61. The van der Waals surface area contributed by atoms with Gasteiger partial charge in [-0.3, -0.25) is 4.90 Å². The largest absolute Gasteiger partial charge is 0.497 e. The predicted octanol–water partition coefficient (Wildman–Crippen LogP) is 3.64. The molecule has 0 spiro atoms. The molecule has 4 heteroatoms. The molecule has 24 heavy (non-hydrogen) atoms. The number of nitrogens with zero attached hydrogens (tertiary/aromatic N) is 1. The van der Waals surface area contributed by atoms with Crippen LogP contribution in [0.3, 0.4) is 0 Å². The first-order valence-corrected chi connectivity index (χ1v) is 8.58. The van der Waals surface area contributed by atoms with E-state index in [1.54, 1.807) is 7.11 Å². The van der Waals surface area contributed by atoms with Crippen molar-refractivity contribution in [3.63, 3.8) is 0 Å². The summed E-state index contributed by atoms with van der Waals surface area (Å²) in [6, 6.07) is 11.2. The van der Waals surface area contributed by atoms with E-state index in [-0.39, 0.29) is 0 Å². The Labute approximate surface area is 141 Å². The highest BCUT2D eigenvalue weighted by atomic mass is 16.7. The maximum absolute atomic E-state index is 5.76. The second kappa shape index (κ2) is 5.15. The van der Waals surface area contributed by atoms with E-state index in [9.17, 15) is 0 Å². The van der Waals surface area contributed by atoms with E-state index >= 15 is 0 Å². The molecular formula is C20H21NO3. The molecule has 0 aliphatic carbocycles. The van der Waals surface area contributed by atoms with Crippen LogP contribution >= 0.6 is 0 Å². The Bertz CT molecular complexity index is 817. The summed E-state index contributed by atoms with van der Waals surface area (Å²) in [6.07, 6.45) is 1.07. The lowest BCUT2D eigenvalue weighted by molar-refractivity contribution is 0.134. The van der Waals surface area contributed by atoms with Gasteiger partial charge in [0.15, 0.2) is 11.5 Å². The smallest absolute Gasteiger partial charge is 0.231 e. The molecule has 0 amide bonds. The van der Waals surface area contributed by atoms with Crippen LogP contribution in [0.2, 0.25) is 0 Å². The van der Waals surface area contributed by atoms with Gasteiger partial charge >= 0.3 is 0 Å². The maximum atomic E-state index is 5.76. The van der Waals surface area contributed by atoms with E-state index in [0.717, 1.165) is 36.8 Å². The van der Waals surface area contributed by atoms with Crippen LogP contribution in [-0.2, 0) is 13.0 Å². The summed E-state index contributed by atoms with van der Waals surface area (Å²) < 4.78 is 16.7. The van der Waals surface area contributed by atoms with Crippen molar-refractivity contribution in [1.29, 1.82) is 0 Å². The lowest BCUT2D eigenvalue weighted by atomic mass is 9.77. The molecule has 0 saturated carbocycles. The highest BCUT2D eigenvalue weighted by Gasteiger charge is 2.39. The van der Waals surface area contributed by atoms with Gasteiger partial charge in [0, 0.05) is 30.6 Å². The van der Waals surface area contributed by atoms with Gasteiger partial charge in [0.25, 0.3) is 0 Å². The van der Waals surface area contributed by atoms with Gasteiger partial charge in [-0.05, 0) is 41.3 Å². The van der Waals surface area contributed by atoms with Crippen molar-refractivity contribution in [2.75, 3.05) is 20.4 Å². The van der Waals surface area contributed by atoms with Crippen molar-refractivity contribution in [2.24, 2.45) is 0 Å². The van der Waals surface area contributed by atoms with E-state index in [1.807, 2.05) is 0 Å². The molecule has 0 aromatic heterocycles. The minimum absolute atomic E-state index is 0.340. The van der Waals surface area contributed by atoms with Gasteiger partial charge in [-0.15, -0.1) is 0 Å². The Morgan fingerprint density at radius 3 is 2.88 bits per heavy atom. The zero-order chi connectivity index (χ0) is 16.3. The molecule has 2 aromatic rings. The van der Waals surface area contributed by atoms with Crippen LogP contribution in [0.4, 0.5) is 0 Å². The number of ether oxygens (including phenoxy) is 3. The molecule has 0 radical (unpaired) electrons. The quantitative estimate of drug-likeness (QED) is 0.802. The van der Waals surface area contributed by atoms with Gasteiger partial charge in [0.2, 0.25) is 6.79 Å². The van der Waals surface area contributed by atoms with Gasteiger partial charge in [0.1, 0.15) is 5.75 Å². The molecule has 0 saturated heterocycles. The van der Waals surface area contributed by atoms with Crippen molar-refractivity contribution in [1.82, 2.24) is 4.90 Å². The number of fused-ring (bicyclic) bond motifs is 6. The Morgan fingerprint density at radius 1 is 1.12 bits per heavy atom. The van der Waals surface area contributed by atoms with Gasteiger partial charge in [-0.25, -0.2) is 0 Å². The zero-order valence-electron chi connectivity index (χ0n) is 14.0. The minimum Gasteiger partial charge on any atom is -0.497 e. The van der Waals surface area contributed by atoms with Crippen molar-refractivity contribution in [3.8, 4) is 17.2 Å². The summed E-state index contributed by atoms with van der Waals surface area (Å²) in [4.78, 5) is 2.59. The average Bonchev–Trinajstić information content (AvgIpc) is 3.10. The molecule has 5 rings (SSSR count). The molecule has 3 aliphatic rings. The van der Waals surface area contributed by atoms with Gasteiger partial charge in [-0.1, -0.05) is 19.1 Å². The summed E-state index contributed by atoms with van der Waals surface area (Å²) in [7, 11) is 1.74. The van der Waals surface area contributed by atoms with Crippen LogP contribution in [0.25, 0.3) is 0 Å². The van der Waals surface area contributed by atoms with Crippen LogP contribution in [0.15, 0.2) is 30.3 Å². The Hall–Kier alpha value is -2.20. The first-order chi connectivity index (χ1) is 11.8. The zero-order valence-corrected chi connectivity index (χ0v) is 14.0. The monoisotopic (exact) mass is 323 g/mol. The first kappa shape index (κ1) is 14.2. The van der Waals surface area contributed by atoms with Crippen LogP contribution in [0.1, 0.15) is 41.1 Å². The summed E-state index contributed by atoms with van der Waals surface area (Å²) in [5, 5.41) is 0. The topological polar surface area (TPSA) is 30.9 Å². The van der Waals surface area contributed by atoms with Crippen LogP contribution in [-0.4, -0.2) is 25.3 Å². The van der Waals surface area contributed by atoms with E-state index in [2.05, 4.69) is 42.2 Å². The second-order valence-corrected chi connectivity index (χ2v) is 6.89. The predicted molar refractivity (Wildman–Crippen MR) is 90.8 cm³/mol. The summed E-state index contributed by atoms with van der Waals surface area (Å²) in [5.74, 6) is 3.23. The molecule has 3 aliphatic heterocycles. The van der Waals surface area contributed by atoms with E-state index in [4.69, 9.17) is 14.2 Å². The highest BCUT2D eigenvalue weighted by Crippen LogP contribution is 2.50. The molecule has 124 valence electrons. The second-order valence-electron chi connectivity index (χ2n) is 6.89. The Morgan fingerprint density at radius 2 is 2.00 bits per heavy atom. The van der Waals surface area contributed by atoms with Crippen LogP contribution in [0, 0.1) is 0 Å². The van der Waals surface area contributed by atoms with Gasteiger partial charge in [0.05, 0.1) is 7.11 Å². The average molecular weight is 323 g/mol. The summed E-state index contributed by atoms with van der Waals surface area (Å²) >= 11 is 0. The molecule has 0 fully saturated rings. The standard InChI is InChI=1S/C20H21NO3/c1-12-15-5-6-18-20(24-11-23-18)17(15)10-21-8-7-13-9-14(22-2)3-4-16(13)19(12)21/h3-6,9,12,19H,7-8,10-11H2,1-2H3/t12-,19+/m0/s1. The highest BCUT2D eigenvalue weighted by molar-refractivity contribution is 5.55. The molecule has 4 nitrogen and oxygen atoms in total. The molecule has 0 N–H and O–H groups in total. The van der Waals surface area contributed by atoms with Gasteiger partial charge < -0.3 is 14.2 Å². The molecule has 2 atom stereocenters. The molecular weight excluding hydrogens is 302 g/mol. The lowest BCUT2D eigenvalue weighted by Crippen LogP contribution is -2.41. The fraction of sp³-hybridized carbons (Fsp3) is 0.400. The third-order valence-electron chi connectivity index (χ3n) is 5.73. The normalized spacial score (nSPS) is 24.1. The van der Waals surface area contributed by atoms with Crippen molar-refractivity contribution >= 4 is 0 Å². The molecule has 2 aromatic carbocycles. The van der Waals surface area contributed by atoms with Crippen molar-refractivity contribution in [3.05, 3.63) is 52.6 Å². The molecule has 0 unspecified atom stereocenters. The molecule has 0 bridgehead atoms. The maximum Gasteiger partial charge on any atom is 0.231 e. The van der Waals surface area contributed by atoms with Gasteiger partial charge in [-0.2, -0.15) is 0 Å². The van der Waals surface area contributed by atoms with Crippen molar-refractivity contribution in [2.45, 2.75) is 31.8 Å². The Kier molecular flexibility index (Phi) is 3.04. The van der Waals surface area contributed by atoms with Crippen molar-refractivity contribution < 1.29 is 14.2 Å².